The Morgan fingerprint density at radius 3 is 2.54 bits per heavy atom. The summed E-state index contributed by atoms with van der Waals surface area (Å²) in [5.41, 5.74) is 2.09. The average molecular weight is 497 g/mol. The third kappa shape index (κ3) is 5.91. The molecule has 0 saturated carbocycles. The lowest BCUT2D eigenvalue weighted by Gasteiger charge is -2.22. The molecule has 0 fully saturated rings. The minimum Gasteiger partial charge on any atom is -0.497 e. The lowest BCUT2D eigenvalue weighted by Crippen LogP contribution is -2.25. The second kappa shape index (κ2) is 10.5. The third-order valence-electron chi connectivity index (χ3n) is 5.22. The summed E-state index contributed by atoms with van der Waals surface area (Å²) in [4.78, 5) is 16.9. The zero-order valence-electron chi connectivity index (χ0n) is 18.5. The van der Waals surface area contributed by atoms with Crippen LogP contribution in [0.2, 0.25) is 0 Å². The maximum atomic E-state index is 14.5. The van der Waals surface area contributed by atoms with Crippen LogP contribution in [0.5, 0.6) is 5.75 Å². The summed E-state index contributed by atoms with van der Waals surface area (Å²) in [6.07, 6.45) is 0.338. The highest BCUT2D eigenvalue weighted by Crippen LogP contribution is 2.32. The van der Waals surface area contributed by atoms with Crippen molar-refractivity contribution in [2.75, 3.05) is 18.6 Å². The predicted octanol–water partition coefficient (Wildman–Crippen LogP) is 5.41. The minimum atomic E-state index is -1.22. The first-order valence-corrected chi connectivity index (χ1v) is 11.3. The van der Waals surface area contributed by atoms with Crippen LogP contribution in [0.4, 0.5) is 18.3 Å². The van der Waals surface area contributed by atoms with Crippen LogP contribution in [0.15, 0.2) is 54.6 Å². The highest BCUT2D eigenvalue weighted by Gasteiger charge is 2.17. The van der Waals surface area contributed by atoms with E-state index < -0.39 is 23.4 Å². The van der Waals surface area contributed by atoms with E-state index in [1.807, 2.05) is 4.90 Å². The fourth-order valence-corrected chi connectivity index (χ4v) is 4.46. The lowest BCUT2D eigenvalue weighted by atomic mass is 10.1. The van der Waals surface area contributed by atoms with Crippen LogP contribution in [-0.4, -0.2) is 29.7 Å². The minimum absolute atomic E-state index is 0.211. The number of rotatable bonds is 7. The quantitative estimate of drug-likeness (QED) is 0.347. The van der Waals surface area contributed by atoms with E-state index in [2.05, 4.69) is 16.8 Å². The van der Waals surface area contributed by atoms with Gasteiger partial charge in [0.1, 0.15) is 23.2 Å². The number of fused-ring (bicyclic) bond motifs is 1. The van der Waals surface area contributed by atoms with Crippen LogP contribution in [0.1, 0.15) is 16.7 Å². The Balaban J connectivity index is 1.62. The Labute approximate surface area is 203 Å². The molecule has 0 saturated heterocycles. The molecule has 1 aromatic heterocycles. The fourth-order valence-electron chi connectivity index (χ4n) is 3.48. The van der Waals surface area contributed by atoms with Gasteiger partial charge in [-0.3, -0.25) is 0 Å². The molecule has 1 heterocycles. The van der Waals surface area contributed by atoms with E-state index in [0.29, 0.717) is 41.5 Å². The van der Waals surface area contributed by atoms with E-state index in [1.54, 1.807) is 36.4 Å². The number of benzene rings is 3. The van der Waals surface area contributed by atoms with Gasteiger partial charge in [-0.1, -0.05) is 35.5 Å². The first-order valence-electron chi connectivity index (χ1n) is 10.5. The molecule has 1 N–H and O–H groups in total. The first kappa shape index (κ1) is 24.1. The summed E-state index contributed by atoms with van der Waals surface area (Å²) in [6, 6.07) is 13.6. The largest absolute Gasteiger partial charge is 0.497 e. The van der Waals surface area contributed by atoms with Crippen LogP contribution in [0.25, 0.3) is 10.2 Å². The van der Waals surface area contributed by atoms with Crippen molar-refractivity contribution in [3.05, 3.63) is 88.7 Å². The summed E-state index contributed by atoms with van der Waals surface area (Å²) in [6.45, 7) is 0.710. The Bertz CT molecular complexity index is 1440. The second-order valence-corrected chi connectivity index (χ2v) is 8.59. The maximum absolute atomic E-state index is 14.5. The molecule has 4 aromatic rings. The molecule has 0 aliphatic carbocycles. The first-order chi connectivity index (χ1) is 16.8. The lowest BCUT2D eigenvalue weighted by molar-refractivity contribution is -0.130. The summed E-state index contributed by atoms with van der Waals surface area (Å²) in [5, 5.41) is 9.17. The fraction of sp³-hybridized carbons (Fsp3) is 0.154. The number of aromatic nitrogens is 1. The molecule has 0 unspecified atom stereocenters. The van der Waals surface area contributed by atoms with Crippen LogP contribution in [-0.2, 0) is 17.8 Å². The van der Waals surface area contributed by atoms with Crippen molar-refractivity contribution in [2.45, 2.75) is 13.0 Å². The number of aliphatic carboxylic acids is 1. The molecule has 35 heavy (non-hydrogen) atoms. The number of anilines is 1. The van der Waals surface area contributed by atoms with Crippen LogP contribution >= 0.6 is 11.3 Å². The summed E-state index contributed by atoms with van der Waals surface area (Å²) in [5.74, 6) is 2.00. The normalized spacial score (nSPS) is 10.6. The topological polar surface area (TPSA) is 62.7 Å². The molecule has 3 aromatic carbocycles. The molecule has 0 amide bonds. The molecule has 0 spiro atoms. The molecule has 9 heteroatoms. The van der Waals surface area contributed by atoms with E-state index in [9.17, 15) is 18.0 Å². The predicted molar refractivity (Wildman–Crippen MR) is 128 cm³/mol. The molecular formula is C26H19F3N2O3S. The van der Waals surface area contributed by atoms with E-state index in [4.69, 9.17) is 9.84 Å². The smallest absolute Gasteiger partial charge is 0.382 e. The molecule has 0 radical (unpaired) electrons. The SMILES string of the molecule is COc1ccc(CCN(Cc2ccc(C#CC(=O)O)cc2)c2nc3cc(F)cc(F)c3s2)c(F)c1. The van der Waals surface area contributed by atoms with Gasteiger partial charge in [-0.15, -0.1) is 0 Å². The zero-order valence-corrected chi connectivity index (χ0v) is 19.3. The van der Waals surface area contributed by atoms with E-state index >= 15 is 0 Å². The molecule has 5 nitrogen and oxygen atoms in total. The van der Waals surface area contributed by atoms with E-state index in [1.165, 1.54) is 19.2 Å². The number of carboxylic acid groups (broad SMARTS) is 1. The van der Waals surface area contributed by atoms with Gasteiger partial charge < -0.3 is 14.7 Å². The number of methoxy groups -OCH3 is 1. The van der Waals surface area contributed by atoms with E-state index in [-0.39, 0.29) is 10.2 Å². The van der Waals surface area contributed by atoms with Gasteiger partial charge in [0.2, 0.25) is 0 Å². The number of ether oxygens (including phenoxy) is 1. The molecule has 0 bridgehead atoms. The third-order valence-corrected chi connectivity index (χ3v) is 6.36. The van der Waals surface area contributed by atoms with Crippen molar-refractivity contribution in [3.63, 3.8) is 0 Å². The van der Waals surface area contributed by atoms with Gasteiger partial charge in [0, 0.05) is 42.8 Å². The van der Waals surface area contributed by atoms with Crippen molar-refractivity contribution < 1.29 is 27.8 Å². The standard InChI is InChI=1S/C26H19F3N2O3S/c1-34-20-8-7-18(21(28)14-20)10-11-31(15-17-4-2-16(3-5-17)6-9-24(32)33)26-30-23-13-19(27)12-22(29)25(23)35-26/h2-5,7-8,12-14H,10-11,15H2,1H3,(H,32,33). The Hall–Kier alpha value is -4.03. The highest BCUT2D eigenvalue weighted by atomic mass is 32.1. The van der Waals surface area contributed by atoms with Crippen molar-refractivity contribution in [2.24, 2.45) is 0 Å². The highest BCUT2D eigenvalue weighted by molar-refractivity contribution is 7.22. The molecule has 178 valence electrons. The van der Waals surface area contributed by atoms with E-state index in [0.717, 1.165) is 23.0 Å². The Morgan fingerprint density at radius 2 is 1.86 bits per heavy atom. The molecule has 0 atom stereocenters. The van der Waals surface area contributed by atoms with Crippen LogP contribution in [0, 0.1) is 29.3 Å². The molecular weight excluding hydrogens is 477 g/mol. The second-order valence-electron chi connectivity index (χ2n) is 7.61. The Kier molecular flexibility index (Phi) is 7.22. The van der Waals surface area contributed by atoms with Gasteiger partial charge in [0.05, 0.1) is 17.3 Å². The Morgan fingerprint density at radius 1 is 1.09 bits per heavy atom. The number of hydrogen-bond acceptors (Lipinski definition) is 5. The van der Waals surface area contributed by atoms with Gasteiger partial charge in [-0.25, -0.2) is 22.9 Å². The molecule has 0 aliphatic heterocycles. The summed E-state index contributed by atoms with van der Waals surface area (Å²) < 4.78 is 47.8. The number of halogens is 3. The average Bonchev–Trinajstić information content (AvgIpc) is 3.26. The van der Waals surface area contributed by atoms with Crippen molar-refractivity contribution in [1.29, 1.82) is 0 Å². The number of carbonyl (C=O) groups is 1. The number of hydrogen-bond donors (Lipinski definition) is 1. The molecule has 0 aliphatic rings. The van der Waals surface area contributed by atoms with Gasteiger partial charge >= 0.3 is 5.97 Å². The van der Waals surface area contributed by atoms with Crippen molar-refractivity contribution >= 4 is 32.7 Å². The number of thiazole rings is 1. The number of nitrogens with zero attached hydrogens (tertiary/aromatic N) is 2. The van der Waals surface area contributed by atoms with Crippen LogP contribution in [0.3, 0.4) is 0 Å². The van der Waals surface area contributed by atoms with Crippen LogP contribution < -0.4 is 9.64 Å². The summed E-state index contributed by atoms with van der Waals surface area (Å²) in [7, 11) is 1.46. The van der Waals surface area contributed by atoms with Gasteiger partial charge in [-0.2, -0.15) is 0 Å². The van der Waals surface area contributed by atoms with Gasteiger partial charge in [-0.05, 0) is 35.7 Å². The molecule has 4 rings (SSSR count). The maximum Gasteiger partial charge on any atom is 0.382 e. The van der Waals surface area contributed by atoms with Crippen molar-refractivity contribution in [3.8, 4) is 17.6 Å². The van der Waals surface area contributed by atoms with Gasteiger partial charge in [0.25, 0.3) is 0 Å². The van der Waals surface area contributed by atoms with Gasteiger partial charge in [0.15, 0.2) is 5.13 Å². The van der Waals surface area contributed by atoms with Crippen molar-refractivity contribution in [1.82, 2.24) is 4.98 Å². The monoisotopic (exact) mass is 496 g/mol. The summed E-state index contributed by atoms with van der Waals surface area (Å²) >= 11 is 1.09. The zero-order chi connectivity index (χ0) is 24.9. The number of carboxylic acids is 1.